The molecular weight excluding hydrogens is 514 g/mol. The highest BCUT2D eigenvalue weighted by molar-refractivity contribution is 7.90. The van der Waals surface area contributed by atoms with Gasteiger partial charge in [-0.3, -0.25) is 14.0 Å². The SMILES string of the molecule is C=C/C(=C\C(=C/C)C(=O)N1CCOCC1)C1CCN(C(=C)NC(=NC2CCOCC2)C2=C(N)CCS2=O)CC1. The van der Waals surface area contributed by atoms with Gasteiger partial charge in [0.1, 0.15) is 5.84 Å². The van der Waals surface area contributed by atoms with Crippen molar-refractivity contribution in [3.63, 3.8) is 0 Å². The molecule has 3 saturated heterocycles. The molecule has 3 fully saturated rings. The summed E-state index contributed by atoms with van der Waals surface area (Å²) < 4.78 is 23.6. The number of rotatable bonds is 8. The molecule has 1 unspecified atom stereocenters. The van der Waals surface area contributed by atoms with Crippen LogP contribution in [-0.2, 0) is 25.1 Å². The molecule has 4 aliphatic rings. The fourth-order valence-electron chi connectivity index (χ4n) is 5.41. The first-order valence-corrected chi connectivity index (χ1v) is 15.3. The smallest absolute Gasteiger partial charge is 0.253 e. The Labute approximate surface area is 235 Å². The maximum atomic E-state index is 13.0. The van der Waals surface area contributed by atoms with Crippen molar-refractivity contribution in [2.75, 3.05) is 58.4 Å². The van der Waals surface area contributed by atoms with Crippen LogP contribution >= 0.6 is 0 Å². The zero-order valence-electron chi connectivity index (χ0n) is 23.2. The quantitative estimate of drug-likeness (QED) is 0.204. The topological polar surface area (TPSA) is 109 Å². The number of aliphatic imine (C=N–C) groups is 1. The Kier molecular flexibility index (Phi) is 10.6. The molecule has 4 heterocycles. The molecular formula is C29H43N5O4S. The van der Waals surface area contributed by atoms with Gasteiger partial charge < -0.3 is 30.3 Å². The lowest BCUT2D eigenvalue weighted by molar-refractivity contribution is -0.130. The molecule has 0 aliphatic carbocycles. The van der Waals surface area contributed by atoms with Gasteiger partial charge in [0.15, 0.2) is 0 Å². The van der Waals surface area contributed by atoms with Crippen LogP contribution in [0.1, 0.15) is 39.0 Å². The first-order valence-electron chi connectivity index (χ1n) is 14.0. The van der Waals surface area contributed by atoms with E-state index in [4.69, 9.17) is 20.2 Å². The molecule has 4 aliphatic heterocycles. The number of amidine groups is 1. The molecule has 0 aromatic rings. The normalized spacial score (nSPS) is 24.7. The molecule has 0 spiro atoms. The number of likely N-dealkylation sites (tertiary alicyclic amines) is 1. The Morgan fingerprint density at radius 3 is 2.33 bits per heavy atom. The van der Waals surface area contributed by atoms with E-state index in [1.807, 2.05) is 30.1 Å². The van der Waals surface area contributed by atoms with Gasteiger partial charge >= 0.3 is 0 Å². The van der Waals surface area contributed by atoms with Crippen molar-refractivity contribution in [1.82, 2.24) is 15.1 Å². The Hall–Kier alpha value is -2.69. The number of nitrogens with zero attached hydrogens (tertiary/aromatic N) is 3. The Balaban J connectivity index is 1.40. The number of carbonyl (C=O) groups is 1. The number of carbonyl (C=O) groups excluding carboxylic acids is 1. The zero-order valence-corrected chi connectivity index (χ0v) is 24.0. The van der Waals surface area contributed by atoms with Crippen molar-refractivity contribution in [3.05, 3.63) is 59.0 Å². The number of amides is 1. The lowest BCUT2D eigenvalue weighted by Gasteiger charge is -2.36. The molecule has 10 heteroatoms. The fourth-order valence-corrected chi connectivity index (χ4v) is 6.73. The van der Waals surface area contributed by atoms with Crippen molar-refractivity contribution in [2.24, 2.45) is 16.6 Å². The van der Waals surface area contributed by atoms with Gasteiger partial charge in [0.2, 0.25) is 0 Å². The Morgan fingerprint density at radius 2 is 1.74 bits per heavy atom. The van der Waals surface area contributed by atoms with E-state index in [9.17, 15) is 9.00 Å². The summed E-state index contributed by atoms with van der Waals surface area (Å²) in [6.07, 6.45) is 9.87. The second-order valence-electron chi connectivity index (χ2n) is 10.3. The maximum Gasteiger partial charge on any atom is 0.253 e. The van der Waals surface area contributed by atoms with E-state index in [1.165, 1.54) is 0 Å². The minimum Gasteiger partial charge on any atom is -0.401 e. The second kappa shape index (κ2) is 14.1. The summed E-state index contributed by atoms with van der Waals surface area (Å²) in [5, 5.41) is 3.39. The Bertz CT molecular complexity index is 1080. The summed E-state index contributed by atoms with van der Waals surface area (Å²) >= 11 is 0. The summed E-state index contributed by atoms with van der Waals surface area (Å²) in [6.45, 7) is 15.6. The van der Waals surface area contributed by atoms with Gasteiger partial charge in [-0.15, -0.1) is 0 Å². The van der Waals surface area contributed by atoms with Crippen molar-refractivity contribution in [1.29, 1.82) is 0 Å². The Morgan fingerprint density at radius 1 is 1.08 bits per heavy atom. The van der Waals surface area contributed by atoms with Crippen LogP contribution in [0.5, 0.6) is 0 Å². The van der Waals surface area contributed by atoms with Gasteiger partial charge in [-0.1, -0.05) is 25.3 Å². The van der Waals surface area contributed by atoms with Crippen LogP contribution in [0.25, 0.3) is 0 Å². The van der Waals surface area contributed by atoms with Crippen LogP contribution < -0.4 is 11.1 Å². The predicted octanol–water partition coefficient (Wildman–Crippen LogP) is 2.58. The van der Waals surface area contributed by atoms with Crippen LogP contribution in [-0.4, -0.2) is 90.2 Å². The average Bonchev–Trinajstić information content (AvgIpc) is 3.31. The second-order valence-corrected chi connectivity index (χ2v) is 11.8. The average molecular weight is 558 g/mol. The van der Waals surface area contributed by atoms with E-state index in [0.29, 0.717) is 79.6 Å². The van der Waals surface area contributed by atoms with E-state index in [2.05, 4.69) is 23.4 Å². The highest BCUT2D eigenvalue weighted by Crippen LogP contribution is 2.29. The lowest BCUT2D eigenvalue weighted by atomic mass is 9.87. The highest BCUT2D eigenvalue weighted by atomic mass is 32.2. The van der Waals surface area contributed by atoms with E-state index < -0.39 is 10.8 Å². The number of ether oxygens (including phenoxy) is 2. The number of morpholine rings is 1. The molecule has 1 atom stereocenters. The first kappa shape index (κ1) is 29.3. The molecule has 9 nitrogen and oxygen atoms in total. The predicted molar refractivity (Wildman–Crippen MR) is 156 cm³/mol. The minimum absolute atomic E-state index is 0.0457. The monoisotopic (exact) mass is 557 g/mol. The molecule has 39 heavy (non-hydrogen) atoms. The van der Waals surface area contributed by atoms with Crippen LogP contribution in [0, 0.1) is 5.92 Å². The summed E-state index contributed by atoms with van der Waals surface area (Å²) in [6, 6.07) is 0.110. The van der Waals surface area contributed by atoms with Crippen LogP contribution in [0.15, 0.2) is 63.9 Å². The molecule has 4 rings (SSSR count). The molecule has 0 radical (unpaired) electrons. The summed E-state index contributed by atoms with van der Waals surface area (Å²) in [4.78, 5) is 22.7. The van der Waals surface area contributed by atoms with Crippen molar-refractivity contribution >= 4 is 22.5 Å². The van der Waals surface area contributed by atoms with E-state index >= 15 is 0 Å². The molecule has 214 valence electrons. The molecule has 0 bridgehead atoms. The number of hydrogen-bond donors (Lipinski definition) is 2. The van der Waals surface area contributed by atoms with E-state index in [1.54, 1.807) is 0 Å². The fraction of sp³-hybridized carbons (Fsp3) is 0.586. The van der Waals surface area contributed by atoms with Crippen molar-refractivity contribution in [2.45, 2.75) is 45.1 Å². The molecule has 1 amide bonds. The van der Waals surface area contributed by atoms with Crippen molar-refractivity contribution in [3.8, 4) is 0 Å². The summed E-state index contributed by atoms with van der Waals surface area (Å²) in [5.41, 5.74) is 8.69. The van der Waals surface area contributed by atoms with E-state index in [0.717, 1.165) is 50.2 Å². The van der Waals surface area contributed by atoms with Crippen LogP contribution in [0.4, 0.5) is 0 Å². The minimum atomic E-state index is -1.16. The molecule has 0 aromatic heterocycles. The van der Waals surface area contributed by atoms with Gasteiger partial charge in [-0.25, -0.2) is 0 Å². The third-order valence-electron chi connectivity index (χ3n) is 7.82. The zero-order chi connectivity index (χ0) is 27.8. The first-order chi connectivity index (χ1) is 18.9. The summed E-state index contributed by atoms with van der Waals surface area (Å²) in [7, 11) is -1.16. The lowest BCUT2D eigenvalue weighted by Crippen LogP contribution is -2.41. The third-order valence-corrected chi connectivity index (χ3v) is 9.30. The number of allylic oxidation sites excluding steroid dienone is 4. The standard InChI is InChI=1S/C29H43N5O4S/c1-4-22(20-23(5-2)29(35)34-13-17-38-18-14-34)24-6-11-33(12-7-24)21(3)31-28(27-26(30)10-19-39(27)36)32-25-8-15-37-16-9-25/h4-5,20,24-25H,1,3,6-19,30H2,2H3,(H,31,32)/b22-20+,23-5+. The van der Waals surface area contributed by atoms with Crippen LogP contribution in [0.3, 0.4) is 0 Å². The largest absolute Gasteiger partial charge is 0.401 e. The maximum absolute atomic E-state index is 13.0. The molecule has 3 N–H and O–H groups in total. The highest BCUT2D eigenvalue weighted by Gasteiger charge is 2.29. The van der Waals surface area contributed by atoms with Gasteiger partial charge in [0.25, 0.3) is 5.91 Å². The molecule has 0 saturated carbocycles. The van der Waals surface area contributed by atoms with Crippen LogP contribution in [0.2, 0.25) is 0 Å². The van der Waals surface area contributed by atoms with Crippen molar-refractivity contribution < 1.29 is 18.5 Å². The number of hydrogen-bond acceptors (Lipinski definition) is 7. The van der Waals surface area contributed by atoms with Gasteiger partial charge in [0, 0.05) is 62.8 Å². The summed E-state index contributed by atoms with van der Waals surface area (Å²) in [5.74, 6) is 2.21. The van der Waals surface area contributed by atoms with Gasteiger partial charge in [0.05, 0.1) is 40.8 Å². The number of piperidine rings is 1. The van der Waals surface area contributed by atoms with Gasteiger partial charge in [-0.2, -0.15) is 0 Å². The van der Waals surface area contributed by atoms with Gasteiger partial charge in [-0.05, 0) is 50.2 Å². The number of nitrogens with one attached hydrogen (secondary N) is 1. The molecule has 0 aromatic carbocycles. The number of nitrogens with two attached hydrogens (primary N) is 1. The van der Waals surface area contributed by atoms with E-state index in [-0.39, 0.29) is 11.9 Å². The third kappa shape index (κ3) is 7.49.